The summed E-state index contributed by atoms with van der Waals surface area (Å²) in [5, 5.41) is 0.406. The summed E-state index contributed by atoms with van der Waals surface area (Å²) < 4.78 is 14.3. The van der Waals surface area contributed by atoms with Crippen molar-refractivity contribution in [3.05, 3.63) is 83.9 Å². The number of benzene rings is 2. The molecule has 1 saturated heterocycles. The van der Waals surface area contributed by atoms with E-state index in [2.05, 4.69) is 9.97 Å². The van der Waals surface area contributed by atoms with Gasteiger partial charge < -0.3 is 0 Å². The molecule has 0 unspecified atom stereocenters. The summed E-state index contributed by atoms with van der Waals surface area (Å²) in [4.78, 5) is 49.2. The molecule has 0 N–H and O–H groups in total. The van der Waals surface area contributed by atoms with E-state index in [9.17, 15) is 18.8 Å². The number of hydrogen-bond acceptors (Lipinski definition) is 6. The lowest BCUT2D eigenvalue weighted by Gasteiger charge is -2.21. The highest BCUT2D eigenvalue weighted by atomic mass is 32.1. The minimum atomic E-state index is -0.379. The van der Waals surface area contributed by atoms with Crippen LogP contribution in [-0.2, 0) is 16.1 Å². The van der Waals surface area contributed by atoms with E-state index in [4.69, 9.17) is 0 Å². The first-order chi connectivity index (χ1) is 16.0. The van der Waals surface area contributed by atoms with Gasteiger partial charge in [0, 0.05) is 30.8 Å². The average Bonchev–Trinajstić information content (AvgIpc) is 3.39. The van der Waals surface area contributed by atoms with Gasteiger partial charge in [0.05, 0.1) is 22.4 Å². The van der Waals surface area contributed by atoms with E-state index in [0.717, 1.165) is 10.5 Å². The van der Waals surface area contributed by atoms with E-state index in [0.29, 0.717) is 26.6 Å². The Morgan fingerprint density at radius 3 is 2.64 bits per heavy atom. The molecule has 0 saturated carbocycles. The fourth-order valence-corrected chi connectivity index (χ4v) is 4.69. The van der Waals surface area contributed by atoms with Gasteiger partial charge in [-0.05, 0) is 48.0 Å². The van der Waals surface area contributed by atoms with Crippen LogP contribution < -0.4 is 9.80 Å². The number of carbonyl (C=O) groups excluding carboxylic acids is 3. The Balaban J connectivity index is 1.54. The normalized spacial score (nSPS) is 13.7. The highest BCUT2D eigenvalue weighted by molar-refractivity contribution is 7.22. The Hall–Kier alpha value is -3.98. The number of imide groups is 1. The zero-order chi connectivity index (χ0) is 22.9. The summed E-state index contributed by atoms with van der Waals surface area (Å²) in [5.41, 5.74) is 2.04. The van der Waals surface area contributed by atoms with Gasteiger partial charge in [0.25, 0.3) is 5.91 Å². The van der Waals surface area contributed by atoms with Gasteiger partial charge in [-0.2, -0.15) is 0 Å². The molecule has 33 heavy (non-hydrogen) atoms. The van der Waals surface area contributed by atoms with Gasteiger partial charge in [0.2, 0.25) is 11.8 Å². The second-order valence-corrected chi connectivity index (χ2v) is 8.54. The van der Waals surface area contributed by atoms with Crippen molar-refractivity contribution in [1.29, 1.82) is 0 Å². The predicted molar refractivity (Wildman–Crippen MR) is 122 cm³/mol. The first-order valence-electron chi connectivity index (χ1n) is 10.2. The quantitative estimate of drug-likeness (QED) is 0.414. The number of nitrogens with zero attached hydrogens (tertiary/aromatic N) is 4. The first kappa shape index (κ1) is 20.9. The van der Waals surface area contributed by atoms with Crippen molar-refractivity contribution in [3.63, 3.8) is 0 Å². The molecule has 1 fully saturated rings. The van der Waals surface area contributed by atoms with E-state index >= 15 is 0 Å². The van der Waals surface area contributed by atoms with Crippen molar-refractivity contribution < 1.29 is 18.8 Å². The Morgan fingerprint density at radius 2 is 1.88 bits per heavy atom. The number of pyridine rings is 1. The van der Waals surface area contributed by atoms with Crippen LogP contribution in [0.15, 0.2) is 67.0 Å². The Labute approximate surface area is 192 Å². The van der Waals surface area contributed by atoms with Gasteiger partial charge in [0.1, 0.15) is 5.82 Å². The average molecular weight is 460 g/mol. The molecule has 9 heteroatoms. The number of thiazole rings is 1. The third-order valence-electron chi connectivity index (χ3n) is 5.28. The second kappa shape index (κ2) is 8.51. The maximum Gasteiger partial charge on any atom is 0.260 e. The third kappa shape index (κ3) is 4.10. The summed E-state index contributed by atoms with van der Waals surface area (Å²) in [6, 6.07) is 14.3. The topological polar surface area (TPSA) is 83.5 Å². The Kier molecular flexibility index (Phi) is 5.39. The molecule has 0 atom stereocenters. The second-order valence-electron chi connectivity index (χ2n) is 7.53. The fraction of sp³-hybridized carbons (Fsp3) is 0.125. The maximum atomic E-state index is 13.7. The lowest BCUT2D eigenvalue weighted by Crippen LogP contribution is -2.31. The van der Waals surface area contributed by atoms with Crippen LogP contribution in [0.5, 0.6) is 0 Å². The number of rotatable bonds is 5. The van der Waals surface area contributed by atoms with Crippen molar-refractivity contribution in [1.82, 2.24) is 9.97 Å². The van der Waals surface area contributed by atoms with Crippen LogP contribution in [-0.4, -0.2) is 27.7 Å². The zero-order valence-electron chi connectivity index (χ0n) is 17.3. The molecule has 2 aromatic heterocycles. The molecule has 2 aromatic carbocycles. The van der Waals surface area contributed by atoms with Crippen LogP contribution in [0.25, 0.3) is 10.2 Å². The summed E-state index contributed by atoms with van der Waals surface area (Å²) in [5.74, 6) is -1.31. The summed E-state index contributed by atoms with van der Waals surface area (Å²) in [6.45, 7) is 0.195. The number of fused-ring (bicyclic) bond motifs is 1. The Bertz CT molecular complexity index is 1370. The molecule has 3 heterocycles. The number of hydrogen-bond donors (Lipinski definition) is 0. The minimum absolute atomic E-state index is 0.159. The van der Waals surface area contributed by atoms with Gasteiger partial charge >= 0.3 is 0 Å². The van der Waals surface area contributed by atoms with Crippen LogP contribution in [0.3, 0.4) is 0 Å². The first-order valence-corrected chi connectivity index (χ1v) is 11.0. The number of aromatic nitrogens is 2. The molecular formula is C24H17FN4O3S. The lowest BCUT2D eigenvalue weighted by molar-refractivity contribution is -0.121. The van der Waals surface area contributed by atoms with Crippen LogP contribution in [0, 0.1) is 5.82 Å². The molecule has 0 radical (unpaired) electrons. The van der Waals surface area contributed by atoms with Crippen molar-refractivity contribution >= 4 is 50.1 Å². The smallest absolute Gasteiger partial charge is 0.260 e. The molecular weight excluding hydrogens is 443 g/mol. The number of carbonyl (C=O) groups is 3. The van der Waals surface area contributed by atoms with Crippen molar-refractivity contribution in [3.8, 4) is 0 Å². The monoisotopic (exact) mass is 460 g/mol. The van der Waals surface area contributed by atoms with Crippen LogP contribution >= 0.6 is 11.3 Å². The van der Waals surface area contributed by atoms with Gasteiger partial charge in [0.15, 0.2) is 5.13 Å². The molecule has 1 aliphatic rings. The molecule has 0 bridgehead atoms. The molecule has 0 aliphatic carbocycles. The van der Waals surface area contributed by atoms with Crippen molar-refractivity contribution in [2.75, 3.05) is 9.80 Å². The van der Waals surface area contributed by atoms with Gasteiger partial charge in [-0.25, -0.2) is 9.37 Å². The number of halogens is 1. The SMILES string of the molecule is O=C(c1cccc(N2C(=O)CCC2=O)c1)N(Cc1cccnc1)c1nc2ccc(F)cc2s1. The van der Waals surface area contributed by atoms with Crippen molar-refractivity contribution in [2.45, 2.75) is 19.4 Å². The minimum Gasteiger partial charge on any atom is -0.279 e. The molecule has 164 valence electrons. The fourth-order valence-electron chi connectivity index (χ4n) is 3.70. The number of anilines is 2. The predicted octanol–water partition coefficient (Wildman–Crippen LogP) is 4.33. The van der Waals surface area contributed by atoms with Gasteiger partial charge in [-0.1, -0.05) is 23.5 Å². The molecule has 3 amide bonds. The third-order valence-corrected chi connectivity index (χ3v) is 6.32. The maximum absolute atomic E-state index is 13.7. The van der Waals surface area contributed by atoms with Crippen molar-refractivity contribution in [2.24, 2.45) is 0 Å². The molecule has 7 nitrogen and oxygen atoms in total. The van der Waals surface area contributed by atoms with E-state index in [1.807, 2.05) is 6.07 Å². The molecule has 5 rings (SSSR count). The summed E-state index contributed by atoms with van der Waals surface area (Å²) in [7, 11) is 0. The molecule has 0 spiro atoms. The highest BCUT2D eigenvalue weighted by Gasteiger charge is 2.31. The van der Waals surface area contributed by atoms with Crippen LogP contribution in [0.4, 0.5) is 15.2 Å². The molecule has 1 aliphatic heterocycles. The van der Waals surface area contributed by atoms with E-state index in [-0.39, 0.29) is 42.9 Å². The lowest BCUT2D eigenvalue weighted by atomic mass is 10.1. The number of amides is 3. The van der Waals surface area contributed by atoms with E-state index < -0.39 is 0 Å². The summed E-state index contributed by atoms with van der Waals surface area (Å²) in [6.07, 6.45) is 3.62. The van der Waals surface area contributed by atoms with Crippen LogP contribution in [0.2, 0.25) is 0 Å². The van der Waals surface area contributed by atoms with E-state index in [1.165, 1.54) is 34.4 Å². The van der Waals surface area contributed by atoms with Crippen LogP contribution in [0.1, 0.15) is 28.8 Å². The standard InChI is InChI=1S/C24H17FN4O3S/c25-17-6-7-19-20(12-17)33-24(27-19)28(14-15-3-2-10-26-13-15)23(32)16-4-1-5-18(11-16)29-21(30)8-9-22(29)31/h1-7,10-13H,8-9,14H2. The molecule has 4 aromatic rings. The van der Waals surface area contributed by atoms with Gasteiger partial charge in [-0.3, -0.25) is 29.2 Å². The van der Waals surface area contributed by atoms with Gasteiger partial charge in [-0.15, -0.1) is 0 Å². The Morgan fingerprint density at radius 1 is 1.06 bits per heavy atom. The highest BCUT2D eigenvalue weighted by Crippen LogP contribution is 2.32. The largest absolute Gasteiger partial charge is 0.279 e. The van der Waals surface area contributed by atoms with E-state index in [1.54, 1.807) is 42.7 Å². The summed E-state index contributed by atoms with van der Waals surface area (Å²) >= 11 is 1.21. The zero-order valence-corrected chi connectivity index (χ0v) is 18.1.